The Balaban J connectivity index is 2.08. The number of allylic oxidation sites excluding steroid dienone is 2. The lowest BCUT2D eigenvalue weighted by Gasteiger charge is -2.19. The molecule has 0 fully saturated rings. The number of carbonyl (C=O) groups is 2. The first-order valence-electron chi connectivity index (χ1n) is 8.17. The van der Waals surface area contributed by atoms with E-state index in [1.807, 2.05) is 0 Å². The smallest absolute Gasteiger partial charge is 0.191 e. The number of unbranched alkanes of at least 4 members (excludes halogenated alkanes) is 5. The van der Waals surface area contributed by atoms with Crippen LogP contribution in [0.5, 0.6) is 0 Å². The zero-order valence-corrected chi connectivity index (χ0v) is 13.9. The van der Waals surface area contributed by atoms with Crippen LogP contribution >= 0.6 is 11.6 Å². The van der Waals surface area contributed by atoms with E-state index in [9.17, 15) is 9.59 Å². The minimum atomic E-state index is -0.0776. The van der Waals surface area contributed by atoms with Crippen molar-refractivity contribution >= 4 is 23.2 Å². The fraction of sp³-hybridized carbons (Fsp3) is 0.474. The lowest BCUT2D eigenvalue weighted by Crippen LogP contribution is -2.23. The molecule has 0 bridgehead atoms. The molecule has 0 unspecified atom stereocenters. The van der Waals surface area contributed by atoms with E-state index in [1.165, 1.54) is 25.7 Å². The number of carbonyl (C=O) groups excluding carboxylic acids is 2. The average molecular weight is 319 g/mol. The molecule has 1 aromatic carbocycles. The average Bonchev–Trinajstić information content (AvgIpc) is 2.55. The first-order valence-corrected chi connectivity index (χ1v) is 8.70. The second-order valence-corrected chi connectivity index (χ2v) is 6.08. The summed E-state index contributed by atoms with van der Waals surface area (Å²) in [7, 11) is 0. The molecule has 0 saturated carbocycles. The number of hydrogen-bond acceptors (Lipinski definition) is 2. The Bertz CT molecular complexity index is 587. The summed E-state index contributed by atoms with van der Waals surface area (Å²) in [4.78, 5) is 25.1. The summed E-state index contributed by atoms with van der Waals surface area (Å²) in [6.07, 6.45) is 7.63. The van der Waals surface area contributed by atoms with Gasteiger partial charge >= 0.3 is 0 Å². The Morgan fingerprint density at radius 3 is 1.95 bits per heavy atom. The van der Waals surface area contributed by atoms with Crippen LogP contribution in [0.1, 0.15) is 72.6 Å². The quantitative estimate of drug-likeness (QED) is 0.478. The van der Waals surface area contributed by atoms with Crippen molar-refractivity contribution in [1.29, 1.82) is 0 Å². The Morgan fingerprint density at radius 2 is 1.36 bits per heavy atom. The molecule has 22 heavy (non-hydrogen) atoms. The highest BCUT2D eigenvalue weighted by Crippen LogP contribution is 2.30. The lowest BCUT2D eigenvalue weighted by atomic mass is 9.82. The fourth-order valence-corrected chi connectivity index (χ4v) is 3.25. The molecule has 0 radical (unpaired) electrons. The van der Waals surface area contributed by atoms with Gasteiger partial charge in [0, 0.05) is 22.3 Å². The number of Topliss-reactive ketones (excluding diaryl/α,β-unsaturated/α-hetero) is 2. The van der Waals surface area contributed by atoms with E-state index in [0.717, 1.165) is 12.8 Å². The topological polar surface area (TPSA) is 34.1 Å². The van der Waals surface area contributed by atoms with Gasteiger partial charge in [-0.15, -0.1) is 11.6 Å². The highest BCUT2D eigenvalue weighted by Gasteiger charge is 2.30. The van der Waals surface area contributed by atoms with Crippen LogP contribution in [-0.4, -0.2) is 17.4 Å². The standard InChI is InChI=1S/C19H23ClO2/c1-2-3-4-5-6-7-10-16-17(13-20)19(22)15-12-9-8-11-14(15)18(16)21/h8-9,11-12H,2-7,10,13H2,1H3. The van der Waals surface area contributed by atoms with Gasteiger partial charge in [-0.3, -0.25) is 9.59 Å². The zero-order valence-electron chi connectivity index (χ0n) is 13.2. The van der Waals surface area contributed by atoms with Gasteiger partial charge in [-0.2, -0.15) is 0 Å². The molecule has 1 aliphatic carbocycles. The number of fused-ring (bicyclic) bond motifs is 1. The van der Waals surface area contributed by atoms with E-state index in [-0.39, 0.29) is 17.4 Å². The van der Waals surface area contributed by atoms with Gasteiger partial charge in [0.25, 0.3) is 0 Å². The van der Waals surface area contributed by atoms with Crippen molar-refractivity contribution in [1.82, 2.24) is 0 Å². The van der Waals surface area contributed by atoms with Gasteiger partial charge in [-0.25, -0.2) is 0 Å². The minimum Gasteiger partial charge on any atom is -0.289 e. The van der Waals surface area contributed by atoms with Crippen molar-refractivity contribution in [3.63, 3.8) is 0 Å². The summed E-state index contributed by atoms with van der Waals surface area (Å²) in [5, 5.41) is 0. The van der Waals surface area contributed by atoms with Crippen LogP contribution in [0, 0.1) is 0 Å². The maximum absolute atomic E-state index is 12.6. The number of halogens is 1. The highest BCUT2D eigenvalue weighted by atomic mass is 35.5. The van der Waals surface area contributed by atoms with Crippen molar-refractivity contribution < 1.29 is 9.59 Å². The predicted octanol–water partition coefficient (Wildman–Crippen LogP) is 5.35. The summed E-state index contributed by atoms with van der Waals surface area (Å²) in [5.41, 5.74) is 2.16. The summed E-state index contributed by atoms with van der Waals surface area (Å²) in [6.45, 7) is 2.20. The maximum Gasteiger partial charge on any atom is 0.191 e. The molecule has 0 amide bonds. The van der Waals surface area contributed by atoms with Gasteiger partial charge in [0.1, 0.15) is 0 Å². The van der Waals surface area contributed by atoms with Crippen molar-refractivity contribution in [2.45, 2.75) is 51.9 Å². The van der Waals surface area contributed by atoms with Gasteiger partial charge in [-0.1, -0.05) is 63.3 Å². The van der Waals surface area contributed by atoms with E-state index in [0.29, 0.717) is 28.7 Å². The Kier molecular flexibility index (Phi) is 6.38. The molecule has 1 aliphatic rings. The Labute approximate surface area is 137 Å². The third kappa shape index (κ3) is 3.67. The molecule has 1 aromatic rings. The van der Waals surface area contributed by atoms with E-state index < -0.39 is 0 Å². The second-order valence-electron chi connectivity index (χ2n) is 5.81. The predicted molar refractivity (Wildman–Crippen MR) is 90.8 cm³/mol. The van der Waals surface area contributed by atoms with Gasteiger partial charge in [0.15, 0.2) is 11.6 Å². The maximum atomic E-state index is 12.6. The molecule has 0 saturated heterocycles. The molecular weight excluding hydrogens is 296 g/mol. The van der Waals surface area contributed by atoms with Crippen LogP contribution in [0.15, 0.2) is 35.4 Å². The van der Waals surface area contributed by atoms with Crippen molar-refractivity contribution in [2.24, 2.45) is 0 Å². The SMILES string of the molecule is CCCCCCCCC1=C(CCl)C(=O)c2ccccc2C1=O. The van der Waals surface area contributed by atoms with Crippen molar-refractivity contribution in [3.05, 3.63) is 46.5 Å². The van der Waals surface area contributed by atoms with Crippen LogP contribution in [0.2, 0.25) is 0 Å². The zero-order chi connectivity index (χ0) is 15.9. The number of rotatable bonds is 8. The first-order chi connectivity index (χ1) is 10.7. The third-order valence-corrected chi connectivity index (χ3v) is 4.51. The number of ketones is 2. The molecule has 2 nitrogen and oxygen atoms in total. The summed E-state index contributed by atoms with van der Waals surface area (Å²) >= 11 is 5.95. The van der Waals surface area contributed by atoms with Crippen LogP contribution in [-0.2, 0) is 0 Å². The fourth-order valence-electron chi connectivity index (χ4n) is 2.97. The number of hydrogen-bond donors (Lipinski definition) is 0. The molecule has 0 heterocycles. The van der Waals surface area contributed by atoms with Crippen molar-refractivity contribution in [3.8, 4) is 0 Å². The summed E-state index contributed by atoms with van der Waals surface area (Å²) < 4.78 is 0. The van der Waals surface area contributed by atoms with Gasteiger partial charge in [0.05, 0.1) is 5.88 Å². The van der Waals surface area contributed by atoms with Gasteiger partial charge in [0.2, 0.25) is 0 Å². The van der Waals surface area contributed by atoms with E-state index >= 15 is 0 Å². The molecule has 0 spiro atoms. The second kappa shape index (κ2) is 8.28. The van der Waals surface area contributed by atoms with Crippen LogP contribution in [0.4, 0.5) is 0 Å². The lowest BCUT2D eigenvalue weighted by molar-refractivity contribution is 0.0972. The molecule has 0 aromatic heterocycles. The van der Waals surface area contributed by atoms with Gasteiger partial charge < -0.3 is 0 Å². The first kappa shape index (κ1) is 17.0. The highest BCUT2D eigenvalue weighted by molar-refractivity contribution is 6.32. The number of alkyl halides is 1. The van der Waals surface area contributed by atoms with E-state index in [1.54, 1.807) is 24.3 Å². The van der Waals surface area contributed by atoms with Crippen LogP contribution in [0.3, 0.4) is 0 Å². The molecule has 3 heteroatoms. The van der Waals surface area contributed by atoms with Crippen LogP contribution < -0.4 is 0 Å². The summed E-state index contributed by atoms with van der Waals surface area (Å²) in [6, 6.07) is 7.04. The Morgan fingerprint density at radius 1 is 0.818 bits per heavy atom. The largest absolute Gasteiger partial charge is 0.289 e. The van der Waals surface area contributed by atoms with E-state index in [2.05, 4.69) is 6.92 Å². The molecule has 0 aliphatic heterocycles. The minimum absolute atomic E-state index is 0.0144. The van der Waals surface area contributed by atoms with Gasteiger partial charge in [-0.05, 0) is 12.8 Å². The molecule has 0 N–H and O–H groups in total. The van der Waals surface area contributed by atoms with Crippen LogP contribution in [0.25, 0.3) is 0 Å². The van der Waals surface area contributed by atoms with Crippen molar-refractivity contribution in [2.75, 3.05) is 5.88 Å². The summed E-state index contributed by atoms with van der Waals surface area (Å²) in [5.74, 6) is 0.0231. The van der Waals surface area contributed by atoms with E-state index in [4.69, 9.17) is 11.6 Å². The number of benzene rings is 1. The molecular formula is C19H23ClO2. The Hall–Kier alpha value is -1.41. The normalized spacial score (nSPS) is 14.5. The molecule has 0 atom stereocenters. The molecule has 2 rings (SSSR count). The monoisotopic (exact) mass is 318 g/mol. The third-order valence-electron chi connectivity index (χ3n) is 4.24. The molecule has 118 valence electrons.